The highest BCUT2D eigenvalue weighted by Crippen LogP contribution is 2.17. The summed E-state index contributed by atoms with van der Waals surface area (Å²) in [6, 6.07) is 8.24. The van der Waals surface area contributed by atoms with Crippen molar-refractivity contribution < 1.29 is 4.74 Å². The fourth-order valence-electron chi connectivity index (χ4n) is 1.56. The first-order valence-electron chi connectivity index (χ1n) is 6.14. The summed E-state index contributed by atoms with van der Waals surface area (Å²) in [5, 5.41) is 0. The molecule has 0 unspecified atom stereocenters. The number of hydrogen-bond donors (Lipinski definition) is 0. The summed E-state index contributed by atoms with van der Waals surface area (Å²) in [7, 11) is 4.08. The Morgan fingerprint density at radius 2 is 1.69 bits per heavy atom. The Morgan fingerprint density at radius 1 is 1.00 bits per heavy atom. The molecule has 0 N–H and O–H groups in total. The molecule has 0 aliphatic heterocycles. The zero-order valence-corrected chi connectivity index (χ0v) is 10.7. The third-order valence-electron chi connectivity index (χ3n) is 2.62. The molecule has 0 saturated heterocycles. The van der Waals surface area contributed by atoms with E-state index >= 15 is 0 Å². The van der Waals surface area contributed by atoms with Gasteiger partial charge in [-0.15, -0.1) is 0 Å². The second-order valence-electron chi connectivity index (χ2n) is 4.30. The highest BCUT2D eigenvalue weighted by molar-refractivity contribution is 5.47. The number of nitrogens with zero attached hydrogens (tertiary/aromatic N) is 1. The molecule has 0 heterocycles. The predicted octanol–water partition coefficient (Wildman–Crippen LogP) is 3.71. The first kappa shape index (κ1) is 12.9. The summed E-state index contributed by atoms with van der Waals surface area (Å²) >= 11 is 0. The molecule has 2 heteroatoms. The average molecular weight is 221 g/mol. The van der Waals surface area contributed by atoms with Crippen LogP contribution in [0.4, 0.5) is 5.69 Å². The molecule has 90 valence electrons. The van der Waals surface area contributed by atoms with Crippen LogP contribution in [0.15, 0.2) is 24.3 Å². The minimum Gasteiger partial charge on any atom is -0.494 e. The molecule has 0 radical (unpaired) electrons. The van der Waals surface area contributed by atoms with Crippen molar-refractivity contribution in [1.29, 1.82) is 0 Å². The lowest BCUT2D eigenvalue weighted by Gasteiger charge is -2.13. The topological polar surface area (TPSA) is 12.5 Å². The van der Waals surface area contributed by atoms with E-state index in [0.29, 0.717) is 0 Å². The summed E-state index contributed by atoms with van der Waals surface area (Å²) in [6.07, 6.45) is 5.01. The Balaban J connectivity index is 2.27. The summed E-state index contributed by atoms with van der Waals surface area (Å²) < 4.78 is 5.67. The number of unbranched alkanes of at least 4 members (excludes halogenated alkanes) is 3. The zero-order valence-electron chi connectivity index (χ0n) is 10.7. The maximum atomic E-state index is 5.67. The van der Waals surface area contributed by atoms with Gasteiger partial charge in [0, 0.05) is 19.8 Å². The second-order valence-corrected chi connectivity index (χ2v) is 4.30. The Bertz CT molecular complexity index is 279. The van der Waals surface area contributed by atoms with E-state index in [4.69, 9.17) is 4.74 Å². The van der Waals surface area contributed by atoms with Crippen LogP contribution in [-0.2, 0) is 0 Å². The molecule has 0 atom stereocenters. The van der Waals surface area contributed by atoms with Gasteiger partial charge in [0.25, 0.3) is 0 Å². The lowest BCUT2D eigenvalue weighted by molar-refractivity contribution is 0.305. The van der Waals surface area contributed by atoms with Gasteiger partial charge in [-0.1, -0.05) is 26.2 Å². The molecule has 0 amide bonds. The second kappa shape index (κ2) is 7.15. The van der Waals surface area contributed by atoms with E-state index in [2.05, 4.69) is 24.0 Å². The van der Waals surface area contributed by atoms with Crippen molar-refractivity contribution in [3.05, 3.63) is 24.3 Å². The van der Waals surface area contributed by atoms with Crippen molar-refractivity contribution in [2.24, 2.45) is 0 Å². The van der Waals surface area contributed by atoms with E-state index < -0.39 is 0 Å². The first-order valence-corrected chi connectivity index (χ1v) is 6.14. The molecular weight excluding hydrogens is 198 g/mol. The molecular formula is C14H23NO. The van der Waals surface area contributed by atoms with Crippen LogP contribution in [0.2, 0.25) is 0 Å². The summed E-state index contributed by atoms with van der Waals surface area (Å²) in [5.74, 6) is 0.974. The van der Waals surface area contributed by atoms with Gasteiger partial charge in [0.15, 0.2) is 0 Å². The Labute approximate surface area is 99.2 Å². The van der Waals surface area contributed by atoms with Crippen molar-refractivity contribution in [2.75, 3.05) is 25.6 Å². The van der Waals surface area contributed by atoms with E-state index in [9.17, 15) is 0 Å². The smallest absolute Gasteiger partial charge is 0.119 e. The first-order chi connectivity index (χ1) is 7.74. The van der Waals surface area contributed by atoms with Crippen LogP contribution in [0.25, 0.3) is 0 Å². The van der Waals surface area contributed by atoms with Gasteiger partial charge in [-0.2, -0.15) is 0 Å². The third-order valence-corrected chi connectivity index (χ3v) is 2.62. The van der Waals surface area contributed by atoms with E-state index in [1.54, 1.807) is 0 Å². The lowest BCUT2D eigenvalue weighted by Crippen LogP contribution is -2.08. The van der Waals surface area contributed by atoms with E-state index in [-0.39, 0.29) is 0 Å². The van der Waals surface area contributed by atoms with Crippen molar-refractivity contribution in [3.8, 4) is 5.75 Å². The van der Waals surface area contributed by atoms with E-state index in [0.717, 1.165) is 18.8 Å². The Kier molecular flexibility index (Phi) is 5.76. The van der Waals surface area contributed by atoms with Crippen molar-refractivity contribution in [3.63, 3.8) is 0 Å². The molecule has 0 fully saturated rings. The van der Waals surface area contributed by atoms with Gasteiger partial charge in [0.1, 0.15) is 5.75 Å². The standard InChI is InChI=1S/C14H23NO/c1-4-5-6-7-12-16-14-10-8-13(9-11-14)15(2)3/h8-11H,4-7,12H2,1-3H3. The lowest BCUT2D eigenvalue weighted by atomic mass is 10.2. The van der Waals surface area contributed by atoms with Crippen molar-refractivity contribution in [1.82, 2.24) is 0 Å². The fraction of sp³-hybridized carbons (Fsp3) is 0.571. The van der Waals surface area contributed by atoms with Crippen LogP contribution in [0, 0.1) is 0 Å². The van der Waals surface area contributed by atoms with Gasteiger partial charge in [0.05, 0.1) is 6.61 Å². The largest absolute Gasteiger partial charge is 0.494 e. The normalized spacial score (nSPS) is 10.2. The van der Waals surface area contributed by atoms with Crippen molar-refractivity contribution >= 4 is 5.69 Å². The minimum atomic E-state index is 0.835. The van der Waals surface area contributed by atoms with E-state index in [1.165, 1.54) is 24.9 Å². The van der Waals surface area contributed by atoms with Crippen LogP contribution < -0.4 is 9.64 Å². The monoisotopic (exact) mass is 221 g/mol. The van der Waals surface area contributed by atoms with Gasteiger partial charge in [-0.05, 0) is 30.7 Å². The SMILES string of the molecule is CCCCCCOc1ccc(N(C)C)cc1. The summed E-state index contributed by atoms with van der Waals surface area (Å²) in [5.41, 5.74) is 1.21. The minimum absolute atomic E-state index is 0.835. The number of anilines is 1. The average Bonchev–Trinajstić information content (AvgIpc) is 2.29. The molecule has 1 rings (SSSR count). The summed E-state index contributed by atoms with van der Waals surface area (Å²) in [6.45, 7) is 3.06. The highest BCUT2D eigenvalue weighted by Gasteiger charge is 1.96. The van der Waals surface area contributed by atoms with Crippen LogP contribution >= 0.6 is 0 Å². The molecule has 1 aromatic rings. The molecule has 0 spiro atoms. The number of rotatable bonds is 7. The summed E-state index contributed by atoms with van der Waals surface area (Å²) in [4.78, 5) is 2.09. The molecule has 0 bridgehead atoms. The number of ether oxygens (including phenoxy) is 1. The molecule has 1 aromatic carbocycles. The van der Waals surface area contributed by atoms with Crippen molar-refractivity contribution in [2.45, 2.75) is 32.6 Å². The van der Waals surface area contributed by atoms with Crippen LogP contribution in [0.5, 0.6) is 5.75 Å². The maximum absolute atomic E-state index is 5.67. The molecule has 0 aliphatic rings. The molecule has 0 saturated carbocycles. The Hall–Kier alpha value is -1.18. The maximum Gasteiger partial charge on any atom is 0.119 e. The zero-order chi connectivity index (χ0) is 11.8. The van der Waals surface area contributed by atoms with Crippen LogP contribution in [-0.4, -0.2) is 20.7 Å². The number of hydrogen-bond acceptors (Lipinski definition) is 2. The predicted molar refractivity (Wildman–Crippen MR) is 70.4 cm³/mol. The van der Waals surface area contributed by atoms with Gasteiger partial charge in [-0.3, -0.25) is 0 Å². The fourth-order valence-corrected chi connectivity index (χ4v) is 1.56. The highest BCUT2D eigenvalue weighted by atomic mass is 16.5. The molecule has 2 nitrogen and oxygen atoms in total. The van der Waals surface area contributed by atoms with Crippen LogP contribution in [0.1, 0.15) is 32.6 Å². The van der Waals surface area contributed by atoms with Gasteiger partial charge >= 0.3 is 0 Å². The van der Waals surface area contributed by atoms with Gasteiger partial charge in [-0.25, -0.2) is 0 Å². The molecule has 0 aliphatic carbocycles. The van der Waals surface area contributed by atoms with E-state index in [1.807, 2.05) is 26.2 Å². The molecule has 16 heavy (non-hydrogen) atoms. The molecule has 0 aromatic heterocycles. The quantitative estimate of drug-likeness (QED) is 0.651. The van der Waals surface area contributed by atoms with Gasteiger partial charge in [0.2, 0.25) is 0 Å². The van der Waals surface area contributed by atoms with Crippen LogP contribution in [0.3, 0.4) is 0 Å². The third kappa shape index (κ3) is 4.56. The van der Waals surface area contributed by atoms with Gasteiger partial charge < -0.3 is 9.64 Å². The number of benzene rings is 1. The Morgan fingerprint density at radius 3 is 2.25 bits per heavy atom.